The van der Waals surface area contributed by atoms with Gasteiger partial charge in [-0.1, -0.05) is 24.3 Å². The topological polar surface area (TPSA) is 117 Å². The summed E-state index contributed by atoms with van der Waals surface area (Å²) in [4.78, 5) is 37.1. The number of hydrogen-bond donors (Lipinski definition) is 1. The molecule has 1 aliphatic heterocycles. The van der Waals surface area contributed by atoms with Gasteiger partial charge in [0.1, 0.15) is 11.8 Å². The van der Waals surface area contributed by atoms with Crippen molar-refractivity contribution in [3.05, 3.63) is 64.2 Å². The van der Waals surface area contributed by atoms with Crippen molar-refractivity contribution in [3.8, 4) is 5.75 Å². The molecule has 0 amide bonds. The largest absolute Gasteiger partial charge is 0.462 e. The van der Waals surface area contributed by atoms with Gasteiger partial charge in [0.05, 0.1) is 29.4 Å². The van der Waals surface area contributed by atoms with Gasteiger partial charge in [-0.3, -0.25) is 10.1 Å². The van der Waals surface area contributed by atoms with E-state index in [1.165, 1.54) is 18.2 Å². The number of hydrogen-bond acceptors (Lipinski definition) is 8. The molecule has 1 unspecified atom stereocenters. The summed E-state index contributed by atoms with van der Waals surface area (Å²) in [7, 11) is 0. The number of esters is 2. The standard InChI is InChI=1S/C20H20N2O7/c1-3-27-18(23)20(19(24)28-4-2)17(13-9-5-7-11-15(13)22(25)26)21-14-10-6-8-12-16(14)29-20/h5-12,17,21H,3-4H2,1-2H3. The van der Waals surface area contributed by atoms with Crippen molar-refractivity contribution in [2.75, 3.05) is 18.5 Å². The fraction of sp³-hybridized carbons (Fsp3) is 0.300. The SMILES string of the molecule is CCOC(=O)C1(C(=O)OCC)Oc2ccccc2NC1c1ccccc1[N+](=O)[O-]. The Morgan fingerprint density at radius 1 is 1.07 bits per heavy atom. The number of rotatable bonds is 6. The van der Waals surface area contributed by atoms with E-state index < -0.39 is 28.5 Å². The van der Waals surface area contributed by atoms with Crippen molar-refractivity contribution >= 4 is 23.3 Å². The minimum absolute atomic E-state index is 0.0192. The third-order valence-electron chi connectivity index (χ3n) is 4.47. The first kappa shape index (κ1) is 20.1. The van der Waals surface area contributed by atoms with Gasteiger partial charge in [0.2, 0.25) is 0 Å². The summed E-state index contributed by atoms with van der Waals surface area (Å²) in [6.07, 6.45) is 0. The molecule has 3 rings (SSSR count). The first-order valence-corrected chi connectivity index (χ1v) is 9.08. The van der Waals surface area contributed by atoms with Crippen LogP contribution in [-0.2, 0) is 19.1 Å². The Morgan fingerprint density at radius 2 is 1.66 bits per heavy atom. The van der Waals surface area contributed by atoms with Crippen molar-refractivity contribution in [3.63, 3.8) is 0 Å². The number of para-hydroxylation sites is 3. The Kier molecular flexibility index (Phi) is 5.67. The number of nitrogens with one attached hydrogen (secondary N) is 1. The Morgan fingerprint density at radius 3 is 2.28 bits per heavy atom. The monoisotopic (exact) mass is 400 g/mol. The Labute approximate surface area is 166 Å². The molecular weight excluding hydrogens is 380 g/mol. The number of carbonyl (C=O) groups is 2. The van der Waals surface area contributed by atoms with E-state index in [0.717, 1.165) is 0 Å². The van der Waals surface area contributed by atoms with Crippen LogP contribution in [0.5, 0.6) is 5.75 Å². The smallest absolute Gasteiger partial charge is 0.365 e. The molecule has 29 heavy (non-hydrogen) atoms. The van der Waals surface area contributed by atoms with Gasteiger partial charge in [-0.2, -0.15) is 0 Å². The van der Waals surface area contributed by atoms with Gasteiger partial charge in [-0.05, 0) is 32.0 Å². The summed E-state index contributed by atoms with van der Waals surface area (Å²) in [6.45, 7) is 3.13. The second-order valence-corrected chi connectivity index (χ2v) is 6.17. The molecule has 152 valence electrons. The molecule has 0 spiro atoms. The molecule has 0 saturated heterocycles. The van der Waals surface area contributed by atoms with Crippen molar-refractivity contribution in [1.29, 1.82) is 0 Å². The van der Waals surface area contributed by atoms with Crippen LogP contribution in [0.1, 0.15) is 25.5 Å². The summed E-state index contributed by atoms with van der Waals surface area (Å²) in [5, 5.41) is 14.7. The van der Waals surface area contributed by atoms with Crippen LogP contribution >= 0.6 is 0 Å². The Hall–Kier alpha value is -3.62. The van der Waals surface area contributed by atoms with Crippen LogP contribution in [0.25, 0.3) is 0 Å². The molecule has 0 radical (unpaired) electrons. The summed E-state index contributed by atoms with van der Waals surface area (Å²) < 4.78 is 16.2. The van der Waals surface area contributed by atoms with Gasteiger partial charge in [0, 0.05) is 6.07 Å². The van der Waals surface area contributed by atoms with E-state index in [4.69, 9.17) is 14.2 Å². The molecule has 0 aromatic heterocycles. The van der Waals surface area contributed by atoms with E-state index in [-0.39, 0.29) is 30.2 Å². The van der Waals surface area contributed by atoms with E-state index in [9.17, 15) is 19.7 Å². The lowest BCUT2D eigenvalue weighted by atomic mass is 9.85. The second kappa shape index (κ2) is 8.17. The highest BCUT2D eigenvalue weighted by Crippen LogP contribution is 2.46. The highest BCUT2D eigenvalue weighted by Gasteiger charge is 2.62. The summed E-state index contributed by atoms with van der Waals surface area (Å²) in [6, 6.07) is 11.2. The number of ether oxygens (including phenoxy) is 3. The predicted octanol–water partition coefficient (Wildman–Crippen LogP) is 3.01. The number of carbonyl (C=O) groups excluding carboxylic acids is 2. The average molecular weight is 400 g/mol. The minimum atomic E-state index is -2.30. The molecule has 9 heteroatoms. The van der Waals surface area contributed by atoms with Gasteiger partial charge < -0.3 is 19.5 Å². The molecule has 0 saturated carbocycles. The van der Waals surface area contributed by atoms with Crippen LogP contribution in [0.3, 0.4) is 0 Å². The van der Waals surface area contributed by atoms with Crippen molar-refractivity contribution in [1.82, 2.24) is 0 Å². The number of nitrogens with zero attached hydrogens (tertiary/aromatic N) is 1. The fourth-order valence-electron chi connectivity index (χ4n) is 3.24. The molecule has 0 fully saturated rings. The number of nitro groups is 1. The maximum Gasteiger partial charge on any atom is 0.365 e. The number of benzene rings is 2. The normalized spacial score (nSPS) is 16.6. The van der Waals surface area contributed by atoms with Crippen molar-refractivity contribution < 1.29 is 28.7 Å². The van der Waals surface area contributed by atoms with Gasteiger partial charge in [-0.25, -0.2) is 9.59 Å². The molecule has 2 aromatic carbocycles. The average Bonchev–Trinajstić information content (AvgIpc) is 2.72. The molecule has 1 atom stereocenters. The molecular formula is C20H20N2O7. The minimum Gasteiger partial charge on any atom is -0.462 e. The lowest BCUT2D eigenvalue weighted by Crippen LogP contribution is -2.61. The number of nitro benzene ring substituents is 1. The van der Waals surface area contributed by atoms with Crippen molar-refractivity contribution in [2.24, 2.45) is 0 Å². The van der Waals surface area contributed by atoms with Gasteiger partial charge in [0.25, 0.3) is 5.69 Å². The highest BCUT2D eigenvalue weighted by molar-refractivity contribution is 6.06. The highest BCUT2D eigenvalue weighted by atomic mass is 16.6. The predicted molar refractivity (Wildman–Crippen MR) is 103 cm³/mol. The second-order valence-electron chi connectivity index (χ2n) is 6.17. The Balaban J connectivity index is 2.27. The van der Waals surface area contributed by atoms with Crippen LogP contribution in [0.15, 0.2) is 48.5 Å². The van der Waals surface area contributed by atoms with E-state index >= 15 is 0 Å². The quantitative estimate of drug-likeness (QED) is 0.340. The lowest BCUT2D eigenvalue weighted by molar-refractivity contribution is -0.385. The Bertz CT molecular complexity index is 926. The summed E-state index contributed by atoms with van der Waals surface area (Å²) in [5.41, 5.74) is -2.01. The van der Waals surface area contributed by atoms with Crippen molar-refractivity contribution in [2.45, 2.75) is 25.5 Å². The summed E-state index contributed by atoms with van der Waals surface area (Å²) in [5.74, 6) is -1.77. The maximum atomic E-state index is 13.1. The van der Waals surface area contributed by atoms with E-state index in [0.29, 0.717) is 5.69 Å². The third kappa shape index (κ3) is 3.46. The van der Waals surface area contributed by atoms with Gasteiger partial charge >= 0.3 is 17.5 Å². The van der Waals surface area contributed by atoms with E-state index in [1.54, 1.807) is 44.2 Å². The third-order valence-corrected chi connectivity index (χ3v) is 4.47. The van der Waals surface area contributed by atoms with E-state index in [1.807, 2.05) is 0 Å². The molecule has 1 aliphatic rings. The maximum absolute atomic E-state index is 13.1. The fourth-order valence-corrected chi connectivity index (χ4v) is 3.24. The zero-order chi connectivity index (χ0) is 21.0. The van der Waals surface area contributed by atoms with Crippen LogP contribution in [0, 0.1) is 10.1 Å². The molecule has 9 nitrogen and oxygen atoms in total. The van der Waals surface area contributed by atoms with Crippen LogP contribution in [-0.4, -0.2) is 35.7 Å². The zero-order valence-corrected chi connectivity index (χ0v) is 15.9. The first-order valence-electron chi connectivity index (χ1n) is 9.08. The molecule has 2 aromatic rings. The summed E-state index contributed by atoms with van der Waals surface area (Å²) >= 11 is 0. The number of fused-ring (bicyclic) bond motifs is 1. The van der Waals surface area contributed by atoms with Crippen LogP contribution < -0.4 is 10.1 Å². The molecule has 0 bridgehead atoms. The molecule has 0 aliphatic carbocycles. The molecule has 1 heterocycles. The van der Waals surface area contributed by atoms with Gasteiger partial charge in [0.15, 0.2) is 0 Å². The first-order chi connectivity index (χ1) is 14.0. The lowest BCUT2D eigenvalue weighted by Gasteiger charge is -2.41. The number of anilines is 1. The van der Waals surface area contributed by atoms with Gasteiger partial charge in [-0.15, -0.1) is 0 Å². The van der Waals surface area contributed by atoms with Crippen LogP contribution in [0.2, 0.25) is 0 Å². The molecule has 1 N–H and O–H groups in total. The van der Waals surface area contributed by atoms with E-state index in [2.05, 4.69) is 5.32 Å². The van der Waals surface area contributed by atoms with Crippen LogP contribution in [0.4, 0.5) is 11.4 Å². The zero-order valence-electron chi connectivity index (χ0n) is 15.9.